The van der Waals surface area contributed by atoms with Crippen molar-refractivity contribution in [3.05, 3.63) is 29.8 Å². The van der Waals surface area contributed by atoms with Gasteiger partial charge in [-0.25, -0.2) is 0 Å². The van der Waals surface area contributed by atoms with E-state index in [1.807, 2.05) is 17.8 Å². The fraction of sp³-hybridized carbons (Fsp3) is 0.500. The first-order valence-electron chi connectivity index (χ1n) is 5.27. The minimum atomic E-state index is 0.467. The van der Waals surface area contributed by atoms with Crippen LogP contribution in [0.2, 0.25) is 0 Å². The van der Waals surface area contributed by atoms with Gasteiger partial charge < -0.3 is 10.1 Å². The molecule has 2 rings (SSSR count). The van der Waals surface area contributed by atoms with Crippen LogP contribution in [0.15, 0.2) is 24.3 Å². The van der Waals surface area contributed by atoms with Crippen LogP contribution >= 0.6 is 11.8 Å². The molecule has 3 heteroatoms. The molecule has 2 nitrogen and oxygen atoms in total. The molecule has 0 aromatic heterocycles. The SMILES string of the molecule is COc1cccc(C2CSCC(C)N2)c1. The molecule has 0 saturated carbocycles. The third-order valence-electron chi connectivity index (χ3n) is 2.63. The third-order valence-corrected chi connectivity index (χ3v) is 3.94. The monoisotopic (exact) mass is 223 g/mol. The van der Waals surface area contributed by atoms with Gasteiger partial charge >= 0.3 is 0 Å². The lowest BCUT2D eigenvalue weighted by Crippen LogP contribution is -2.37. The van der Waals surface area contributed by atoms with Gasteiger partial charge in [0.25, 0.3) is 0 Å². The Bertz CT molecular complexity index is 329. The van der Waals surface area contributed by atoms with Crippen LogP contribution in [0.5, 0.6) is 5.75 Å². The number of nitrogens with one attached hydrogen (secondary N) is 1. The van der Waals surface area contributed by atoms with Crippen LogP contribution in [0.4, 0.5) is 0 Å². The third kappa shape index (κ3) is 2.67. The summed E-state index contributed by atoms with van der Waals surface area (Å²) in [5.74, 6) is 3.30. The standard InChI is InChI=1S/C12H17NOS/c1-9-7-15-8-12(13-9)10-4-3-5-11(6-10)14-2/h3-6,9,12-13H,7-8H2,1-2H3. The second kappa shape index (κ2) is 4.90. The molecule has 1 heterocycles. The molecule has 0 amide bonds. The molecular weight excluding hydrogens is 206 g/mol. The van der Waals surface area contributed by atoms with E-state index in [1.54, 1.807) is 7.11 Å². The minimum Gasteiger partial charge on any atom is -0.497 e. The number of methoxy groups -OCH3 is 1. The molecule has 2 unspecified atom stereocenters. The molecule has 1 aliphatic heterocycles. The van der Waals surface area contributed by atoms with Gasteiger partial charge in [0.05, 0.1) is 7.11 Å². The molecule has 0 radical (unpaired) electrons. The van der Waals surface area contributed by atoms with Crippen LogP contribution in [-0.4, -0.2) is 24.7 Å². The molecule has 15 heavy (non-hydrogen) atoms. The van der Waals surface area contributed by atoms with E-state index in [0.717, 1.165) is 11.5 Å². The lowest BCUT2D eigenvalue weighted by molar-refractivity contribution is 0.412. The summed E-state index contributed by atoms with van der Waals surface area (Å²) in [7, 11) is 1.71. The molecule has 0 bridgehead atoms. The van der Waals surface area contributed by atoms with Crippen LogP contribution in [-0.2, 0) is 0 Å². The second-order valence-corrected chi connectivity index (χ2v) is 5.01. The van der Waals surface area contributed by atoms with Crippen molar-refractivity contribution in [2.45, 2.75) is 19.0 Å². The van der Waals surface area contributed by atoms with Gasteiger partial charge in [-0.05, 0) is 24.6 Å². The molecule has 0 aliphatic carbocycles. The molecule has 1 fully saturated rings. The Balaban J connectivity index is 2.13. The van der Waals surface area contributed by atoms with Crippen LogP contribution in [0.25, 0.3) is 0 Å². The van der Waals surface area contributed by atoms with Crippen molar-refractivity contribution in [1.82, 2.24) is 5.32 Å². The van der Waals surface area contributed by atoms with Crippen LogP contribution in [0, 0.1) is 0 Å². The summed E-state index contributed by atoms with van der Waals surface area (Å²) in [6.07, 6.45) is 0. The van der Waals surface area contributed by atoms with Gasteiger partial charge in [0.2, 0.25) is 0 Å². The average molecular weight is 223 g/mol. The van der Waals surface area contributed by atoms with Crippen molar-refractivity contribution in [3.8, 4) is 5.75 Å². The topological polar surface area (TPSA) is 21.3 Å². The largest absolute Gasteiger partial charge is 0.497 e. The number of hydrogen-bond donors (Lipinski definition) is 1. The van der Waals surface area contributed by atoms with E-state index in [4.69, 9.17) is 4.74 Å². The fourth-order valence-corrected chi connectivity index (χ4v) is 2.96. The maximum absolute atomic E-state index is 5.24. The number of ether oxygens (including phenoxy) is 1. The van der Waals surface area contributed by atoms with Crippen molar-refractivity contribution in [2.75, 3.05) is 18.6 Å². The lowest BCUT2D eigenvalue weighted by Gasteiger charge is -2.28. The highest BCUT2D eigenvalue weighted by molar-refractivity contribution is 7.99. The zero-order valence-electron chi connectivity index (χ0n) is 9.19. The first-order valence-corrected chi connectivity index (χ1v) is 6.43. The highest BCUT2D eigenvalue weighted by Crippen LogP contribution is 2.26. The molecule has 1 saturated heterocycles. The zero-order valence-corrected chi connectivity index (χ0v) is 10.0. The van der Waals surface area contributed by atoms with Crippen LogP contribution in [0.3, 0.4) is 0 Å². The number of thioether (sulfide) groups is 1. The van der Waals surface area contributed by atoms with E-state index in [2.05, 4.69) is 30.4 Å². The van der Waals surface area contributed by atoms with Gasteiger partial charge in [-0.3, -0.25) is 0 Å². The summed E-state index contributed by atoms with van der Waals surface area (Å²) >= 11 is 2.02. The van der Waals surface area contributed by atoms with Gasteiger partial charge in [-0.1, -0.05) is 12.1 Å². The van der Waals surface area contributed by atoms with E-state index < -0.39 is 0 Å². The molecule has 1 N–H and O–H groups in total. The van der Waals surface area contributed by atoms with Crippen LogP contribution < -0.4 is 10.1 Å². The molecule has 82 valence electrons. The van der Waals surface area contributed by atoms with Gasteiger partial charge in [-0.2, -0.15) is 11.8 Å². The van der Waals surface area contributed by atoms with E-state index in [-0.39, 0.29) is 0 Å². The molecular formula is C12H17NOS. The summed E-state index contributed by atoms with van der Waals surface area (Å²) in [6.45, 7) is 2.24. The summed E-state index contributed by atoms with van der Waals surface area (Å²) in [6, 6.07) is 9.39. The predicted octanol–water partition coefficient (Wildman–Crippen LogP) is 2.46. The van der Waals surface area contributed by atoms with Gasteiger partial charge in [0, 0.05) is 23.6 Å². The molecule has 1 aliphatic rings. The van der Waals surface area contributed by atoms with Crippen LogP contribution in [0.1, 0.15) is 18.5 Å². The Morgan fingerprint density at radius 2 is 2.27 bits per heavy atom. The quantitative estimate of drug-likeness (QED) is 0.832. The van der Waals surface area contributed by atoms with Crippen molar-refractivity contribution in [2.24, 2.45) is 0 Å². The zero-order chi connectivity index (χ0) is 10.7. The van der Waals surface area contributed by atoms with E-state index in [1.165, 1.54) is 11.3 Å². The highest BCUT2D eigenvalue weighted by Gasteiger charge is 2.19. The summed E-state index contributed by atoms with van der Waals surface area (Å²) in [5, 5.41) is 3.61. The average Bonchev–Trinajstić information content (AvgIpc) is 2.29. The van der Waals surface area contributed by atoms with Crippen molar-refractivity contribution >= 4 is 11.8 Å². The molecule has 0 spiro atoms. The first-order chi connectivity index (χ1) is 7.29. The Morgan fingerprint density at radius 3 is 3.00 bits per heavy atom. The number of rotatable bonds is 2. The normalized spacial score (nSPS) is 26.3. The Morgan fingerprint density at radius 1 is 1.40 bits per heavy atom. The van der Waals surface area contributed by atoms with E-state index in [9.17, 15) is 0 Å². The molecule has 1 aromatic carbocycles. The fourth-order valence-electron chi connectivity index (χ4n) is 1.85. The van der Waals surface area contributed by atoms with Gasteiger partial charge in [-0.15, -0.1) is 0 Å². The van der Waals surface area contributed by atoms with E-state index in [0.29, 0.717) is 12.1 Å². The Labute approximate surface area is 95.4 Å². The lowest BCUT2D eigenvalue weighted by atomic mass is 10.1. The maximum atomic E-state index is 5.24. The first kappa shape index (κ1) is 10.8. The highest BCUT2D eigenvalue weighted by atomic mass is 32.2. The second-order valence-electron chi connectivity index (χ2n) is 3.93. The Kier molecular flexibility index (Phi) is 3.54. The number of benzene rings is 1. The summed E-state index contributed by atoms with van der Waals surface area (Å²) in [4.78, 5) is 0. The minimum absolute atomic E-state index is 0.467. The maximum Gasteiger partial charge on any atom is 0.119 e. The van der Waals surface area contributed by atoms with E-state index >= 15 is 0 Å². The predicted molar refractivity (Wildman–Crippen MR) is 65.7 cm³/mol. The number of hydrogen-bond acceptors (Lipinski definition) is 3. The Hall–Kier alpha value is -0.670. The molecule has 2 atom stereocenters. The smallest absolute Gasteiger partial charge is 0.119 e. The van der Waals surface area contributed by atoms with Gasteiger partial charge in [0.15, 0.2) is 0 Å². The van der Waals surface area contributed by atoms with Crippen molar-refractivity contribution in [3.63, 3.8) is 0 Å². The summed E-state index contributed by atoms with van der Waals surface area (Å²) < 4.78 is 5.24. The van der Waals surface area contributed by atoms with Crippen molar-refractivity contribution in [1.29, 1.82) is 0 Å². The van der Waals surface area contributed by atoms with Gasteiger partial charge in [0.1, 0.15) is 5.75 Å². The van der Waals surface area contributed by atoms with Crippen molar-refractivity contribution < 1.29 is 4.74 Å². The summed E-state index contributed by atoms with van der Waals surface area (Å²) in [5.41, 5.74) is 1.33. The molecule has 1 aromatic rings.